The van der Waals surface area contributed by atoms with Crippen LogP contribution in [0.5, 0.6) is 0 Å². The Bertz CT molecular complexity index is 410. The molecule has 0 aliphatic carbocycles. The van der Waals surface area contributed by atoms with E-state index in [-0.39, 0.29) is 5.56 Å². The van der Waals surface area contributed by atoms with Gasteiger partial charge in [0.2, 0.25) is 0 Å². The van der Waals surface area contributed by atoms with E-state index in [1.54, 1.807) is 18.2 Å². The van der Waals surface area contributed by atoms with Crippen LogP contribution < -0.4 is 0 Å². The number of rotatable bonds is 4. The molecule has 1 aromatic carbocycles. The molecule has 0 radical (unpaired) electrons. The summed E-state index contributed by atoms with van der Waals surface area (Å²) in [7, 11) is 0. The Labute approximate surface area is 104 Å². The highest BCUT2D eigenvalue weighted by Gasteiger charge is 2.35. The molecular formula is C12H14O6. The van der Waals surface area contributed by atoms with Crippen LogP contribution in [-0.2, 0) is 14.6 Å². The van der Waals surface area contributed by atoms with Gasteiger partial charge < -0.3 is 10.2 Å². The predicted octanol–water partition coefficient (Wildman–Crippen LogP) is 0.292. The van der Waals surface area contributed by atoms with E-state index in [2.05, 4.69) is 9.78 Å². The molecule has 0 bridgehead atoms. The first-order valence-corrected chi connectivity index (χ1v) is 5.23. The third kappa shape index (κ3) is 3.28. The standard InChI is InChI=1S/C12H14O6/c1-12(7-13,8-14)11(16)18-17-10(15)9-5-3-2-4-6-9/h2-6,13-14H,7-8H2,1H3. The smallest absolute Gasteiger partial charge is 0.386 e. The lowest BCUT2D eigenvalue weighted by Gasteiger charge is -2.20. The highest BCUT2D eigenvalue weighted by Crippen LogP contribution is 2.17. The van der Waals surface area contributed by atoms with E-state index >= 15 is 0 Å². The molecule has 0 saturated carbocycles. The van der Waals surface area contributed by atoms with Gasteiger partial charge in [0.1, 0.15) is 5.41 Å². The predicted molar refractivity (Wildman–Crippen MR) is 60.2 cm³/mol. The van der Waals surface area contributed by atoms with Gasteiger partial charge in [-0.2, -0.15) is 0 Å². The zero-order valence-electron chi connectivity index (χ0n) is 9.83. The van der Waals surface area contributed by atoms with Gasteiger partial charge in [0.15, 0.2) is 0 Å². The molecule has 0 saturated heterocycles. The Morgan fingerprint density at radius 3 is 2.17 bits per heavy atom. The van der Waals surface area contributed by atoms with E-state index in [0.29, 0.717) is 0 Å². The minimum absolute atomic E-state index is 0.222. The van der Waals surface area contributed by atoms with Crippen molar-refractivity contribution in [3.8, 4) is 0 Å². The molecule has 0 amide bonds. The second-order valence-corrected chi connectivity index (χ2v) is 3.98. The third-order valence-electron chi connectivity index (χ3n) is 2.39. The van der Waals surface area contributed by atoms with Crippen LogP contribution in [0, 0.1) is 5.41 Å². The van der Waals surface area contributed by atoms with Gasteiger partial charge in [-0.25, -0.2) is 19.4 Å². The zero-order chi connectivity index (χ0) is 13.6. The quantitative estimate of drug-likeness (QED) is 0.592. The van der Waals surface area contributed by atoms with Crippen molar-refractivity contribution >= 4 is 11.9 Å². The summed E-state index contributed by atoms with van der Waals surface area (Å²) in [6.45, 7) is 0.0438. The van der Waals surface area contributed by atoms with E-state index in [0.717, 1.165) is 0 Å². The maximum absolute atomic E-state index is 11.4. The Balaban J connectivity index is 2.56. The fraction of sp³-hybridized carbons (Fsp3) is 0.333. The summed E-state index contributed by atoms with van der Waals surface area (Å²) >= 11 is 0. The lowest BCUT2D eigenvalue weighted by atomic mass is 9.94. The number of aliphatic hydroxyl groups is 2. The maximum Gasteiger partial charge on any atom is 0.386 e. The molecule has 0 aliphatic rings. The monoisotopic (exact) mass is 254 g/mol. The second kappa shape index (κ2) is 6.13. The molecule has 0 fully saturated rings. The highest BCUT2D eigenvalue weighted by atomic mass is 17.2. The molecule has 98 valence electrons. The van der Waals surface area contributed by atoms with Gasteiger partial charge in [-0.1, -0.05) is 18.2 Å². The maximum atomic E-state index is 11.4. The summed E-state index contributed by atoms with van der Waals surface area (Å²) in [5.41, 5.74) is -1.28. The molecule has 1 aromatic rings. The summed E-state index contributed by atoms with van der Waals surface area (Å²) in [5, 5.41) is 17.9. The first-order chi connectivity index (χ1) is 8.53. The number of benzene rings is 1. The molecule has 0 aromatic heterocycles. The van der Waals surface area contributed by atoms with Gasteiger partial charge in [-0.05, 0) is 19.1 Å². The normalized spacial score (nSPS) is 10.8. The van der Waals surface area contributed by atoms with Crippen molar-refractivity contribution in [1.82, 2.24) is 0 Å². The molecule has 0 heterocycles. The molecule has 2 N–H and O–H groups in total. The first kappa shape index (κ1) is 14.1. The van der Waals surface area contributed by atoms with Gasteiger partial charge >= 0.3 is 11.9 Å². The van der Waals surface area contributed by atoms with Crippen LogP contribution in [0.3, 0.4) is 0 Å². The molecule has 0 aliphatic heterocycles. The van der Waals surface area contributed by atoms with E-state index in [9.17, 15) is 9.59 Å². The van der Waals surface area contributed by atoms with Crippen molar-refractivity contribution in [2.24, 2.45) is 5.41 Å². The molecule has 6 heteroatoms. The van der Waals surface area contributed by atoms with E-state index in [1.807, 2.05) is 0 Å². The Kier molecular flexibility index (Phi) is 4.82. The third-order valence-corrected chi connectivity index (χ3v) is 2.39. The van der Waals surface area contributed by atoms with Gasteiger partial charge in [0, 0.05) is 0 Å². The van der Waals surface area contributed by atoms with Crippen molar-refractivity contribution < 1.29 is 29.6 Å². The minimum atomic E-state index is -1.50. The van der Waals surface area contributed by atoms with Crippen molar-refractivity contribution in [2.45, 2.75) is 6.92 Å². The Hall–Kier alpha value is -1.92. The topological polar surface area (TPSA) is 93.1 Å². The molecule has 1 rings (SSSR count). The highest BCUT2D eigenvalue weighted by molar-refractivity contribution is 5.89. The lowest BCUT2D eigenvalue weighted by molar-refractivity contribution is -0.247. The number of carbonyl (C=O) groups is 2. The summed E-state index contributed by atoms with van der Waals surface area (Å²) < 4.78 is 0. The fourth-order valence-electron chi connectivity index (χ4n) is 0.978. The summed E-state index contributed by atoms with van der Waals surface area (Å²) in [6, 6.07) is 7.96. The Morgan fingerprint density at radius 1 is 1.11 bits per heavy atom. The van der Waals surface area contributed by atoms with Crippen molar-refractivity contribution in [2.75, 3.05) is 13.2 Å². The van der Waals surface area contributed by atoms with Crippen LogP contribution in [0.4, 0.5) is 0 Å². The van der Waals surface area contributed by atoms with Crippen LogP contribution in [0.15, 0.2) is 30.3 Å². The zero-order valence-corrected chi connectivity index (χ0v) is 9.83. The van der Waals surface area contributed by atoms with Gasteiger partial charge in [-0.15, -0.1) is 0 Å². The summed E-state index contributed by atoms with van der Waals surface area (Å²) in [5.74, 6) is -1.85. The fourth-order valence-corrected chi connectivity index (χ4v) is 0.978. The van der Waals surface area contributed by atoms with Gasteiger partial charge in [0.05, 0.1) is 18.8 Å². The second-order valence-electron chi connectivity index (χ2n) is 3.98. The largest absolute Gasteiger partial charge is 0.395 e. The molecule has 6 nitrogen and oxygen atoms in total. The van der Waals surface area contributed by atoms with Crippen LogP contribution in [-0.4, -0.2) is 35.4 Å². The SMILES string of the molecule is CC(CO)(CO)C(=O)OOC(=O)c1ccccc1. The van der Waals surface area contributed by atoms with E-state index in [1.165, 1.54) is 19.1 Å². The van der Waals surface area contributed by atoms with Crippen LogP contribution >= 0.6 is 0 Å². The number of hydrogen-bond acceptors (Lipinski definition) is 6. The molecule has 0 unspecified atom stereocenters. The van der Waals surface area contributed by atoms with Crippen LogP contribution in [0.2, 0.25) is 0 Å². The van der Waals surface area contributed by atoms with E-state index < -0.39 is 30.6 Å². The average molecular weight is 254 g/mol. The number of aliphatic hydroxyl groups excluding tert-OH is 2. The molecular weight excluding hydrogens is 240 g/mol. The molecule has 0 atom stereocenters. The van der Waals surface area contributed by atoms with Gasteiger partial charge in [-0.3, -0.25) is 0 Å². The first-order valence-electron chi connectivity index (χ1n) is 5.23. The van der Waals surface area contributed by atoms with E-state index in [4.69, 9.17) is 10.2 Å². The summed E-state index contributed by atoms with van der Waals surface area (Å²) in [4.78, 5) is 31.5. The lowest BCUT2D eigenvalue weighted by Crippen LogP contribution is -2.37. The number of hydrogen-bond donors (Lipinski definition) is 2. The average Bonchev–Trinajstić information content (AvgIpc) is 2.44. The molecule has 0 spiro atoms. The van der Waals surface area contributed by atoms with Crippen molar-refractivity contribution in [1.29, 1.82) is 0 Å². The number of carbonyl (C=O) groups excluding carboxylic acids is 2. The van der Waals surface area contributed by atoms with Crippen LogP contribution in [0.25, 0.3) is 0 Å². The van der Waals surface area contributed by atoms with Crippen molar-refractivity contribution in [3.05, 3.63) is 35.9 Å². The summed E-state index contributed by atoms with van der Waals surface area (Å²) in [6.07, 6.45) is 0. The Morgan fingerprint density at radius 2 is 1.67 bits per heavy atom. The molecule has 18 heavy (non-hydrogen) atoms. The van der Waals surface area contributed by atoms with Crippen LogP contribution in [0.1, 0.15) is 17.3 Å². The van der Waals surface area contributed by atoms with Crippen molar-refractivity contribution in [3.63, 3.8) is 0 Å². The minimum Gasteiger partial charge on any atom is -0.395 e. The van der Waals surface area contributed by atoms with Gasteiger partial charge in [0.25, 0.3) is 0 Å².